The van der Waals surface area contributed by atoms with Gasteiger partial charge in [0.15, 0.2) is 17.3 Å². The SMILES string of the molecule is C[C@@H](CO)Nc1ncc2nc(Nc3c(F)cc(Cl)cc3F)n(C3CCC(C(N)=O)CC3)c2n1. The van der Waals surface area contributed by atoms with E-state index in [0.717, 1.165) is 12.1 Å². The number of aliphatic hydroxyl groups excluding tert-OH is 1. The highest BCUT2D eigenvalue weighted by molar-refractivity contribution is 6.30. The first-order chi connectivity index (χ1) is 15.8. The maximum Gasteiger partial charge on any atom is 0.225 e. The van der Waals surface area contributed by atoms with Crippen LogP contribution in [0.1, 0.15) is 38.6 Å². The molecular formula is C21H24ClF2N7O2. The zero-order valence-electron chi connectivity index (χ0n) is 17.9. The summed E-state index contributed by atoms with van der Waals surface area (Å²) >= 11 is 5.74. The van der Waals surface area contributed by atoms with Crippen molar-refractivity contribution in [3.63, 3.8) is 0 Å². The van der Waals surface area contributed by atoms with Gasteiger partial charge in [0.25, 0.3) is 0 Å². The topological polar surface area (TPSA) is 131 Å². The quantitative estimate of drug-likeness (QED) is 0.407. The number of benzene rings is 1. The molecule has 12 heteroatoms. The van der Waals surface area contributed by atoms with Crippen molar-refractivity contribution in [1.29, 1.82) is 0 Å². The Kier molecular flexibility index (Phi) is 6.61. The molecule has 0 spiro atoms. The van der Waals surface area contributed by atoms with Gasteiger partial charge < -0.3 is 21.5 Å². The fourth-order valence-corrected chi connectivity index (χ4v) is 4.24. The Morgan fingerprint density at radius 3 is 2.55 bits per heavy atom. The Hall–Kier alpha value is -3.05. The summed E-state index contributed by atoms with van der Waals surface area (Å²) in [6.45, 7) is 1.66. The molecule has 0 bridgehead atoms. The number of nitrogens with two attached hydrogens (primary N) is 1. The summed E-state index contributed by atoms with van der Waals surface area (Å²) in [7, 11) is 0. The monoisotopic (exact) mass is 479 g/mol. The molecule has 33 heavy (non-hydrogen) atoms. The van der Waals surface area contributed by atoms with Crippen LogP contribution in [0.25, 0.3) is 11.2 Å². The molecule has 9 nitrogen and oxygen atoms in total. The van der Waals surface area contributed by atoms with E-state index in [0.29, 0.717) is 36.8 Å². The van der Waals surface area contributed by atoms with E-state index in [1.54, 1.807) is 11.5 Å². The number of carbonyl (C=O) groups excluding carboxylic acids is 1. The lowest BCUT2D eigenvalue weighted by Gasteiger charge is -2.29. The third-order valence-electron chi connectivity index (χ3n) is 5.79. The predicted molar refractivity (Wildman–Crippen MR) is 120 cm³/mol. The van der Waals surface area contributed by atoms with Crippen molar-refractivity contribution >= 4 is 46.3 Å². The molecule has 0 unspecified atom stereocenters. The molecule has 3 aromatic rings. The molecule has 1 aromatic carbocycles. The van der Waals surface area contributed by atoms with Crippen molar-refractivity contribution in [1.82, 2.24) is 19.5 Å². The molecule has 0 saturated heterocycles. The molecule has 1 atom stereocenters. The number of imidazole rings is 1. The fourth-order valence-electron chi connectivity index (χ4n) is 4.05. The summed E-state index contributed by atoms with van der Waals surface area (Å²) in [6.07, 6.45) is 3.89. The number of halogens is 3. The molecule has 1 saturated carbocycles. The average molecular weight is 480 g/mol. The van der Waals surface area contributed by atoms with Crippen molar-refractivity contribution < 1.29 is 18.7 Å². The zero-order chi connectivity index (χ0) is 23.7. The Bertz CT molecular complexity index is 1160. The van der Waals surface area contributed by atoms with Crippen LogP contribution in [0.5, 0.6) is 0 Å². The van der Waals surface area contributed by atoms with Gasteiger partial charge in [-0.15, -0.1) is 0 Å². The lowest BCUT2D eigenvalue weighted by atomic mass is 9.85. The molecule has 4 rings (SSSR count). The highest BCUT2D eigenvalue weighted by Crippen LogP contribution is 2.37. The van der Waals surface area contributed by atoms with E-state index in [2.05, 4.69) is 25.6 Å². The van der Waals surface area contributed by atoms with E-state index in [4.69, 9.17) is 17.3 Å². The minimum atomic E-state index is -0.860. The standard InChI is InChI=1S/C21H24ClF2N7O2/c1-10(9-32)27-20-26-8-16-19(30-20)31(13-4-2-11(3-5-13)18(25)33)21(28-16)29-17-14(23)6-12(22)7-15(17)24/h6-8,10-11,13,32H,2-5,9H2,1H3,(H2,25,33)(H,28,29)(H,26,27,30)/t10-,11?,13?/m0/s1. The van der Waals surface area contributed by atoms with Gasteiger partial charge in [-0.1, -0.05) is 11.6 Å². The molecule has 1 amide bonds. The molecular weight excluding hydrogens is 456 g/mol. The second-order valence-electron chi connectivity index (χ2n) is 8.21. The second-order valence-corrected chi connectivity index (χ2v) is 8.65. The number of aliphatic hydroxyl groups is 1. The van der Waals surface area contributed by atoms with Crippen molar-refractivity contribution in [2.75, 3.05) is 17.2 Å². The lowest BCUT2D eigenvalue weighted by molar-refractivity contribution is -0.122. The van der Waals surface area contributed by atoms with Crippen LogP contribution < -0.4 is 16.4 Å². The van der Waals surface area contributed by atoms with Crippen molar-refractivity contribution in [2.45, 2.75) is 44.7 Å². The summed E-state index contributed by atoms with van der Waals surface area (Å²) in [5.41, 5.74) is 5.96. The van der Waals surface area contributed by atoms with E-state index < -0.39 is 11.6 Å². The van der Waals surface area contributed by atoms with Gasteiger partial charge in [0.1, 0.15) is 11.2 Å². The number of carbonyl (C=O) groups is 1. The Morgan fingerprint density at radius 2 is 1.94 bits per heavy atom. The third kappa shape index (κ3) is 4.83. The minimum Gasteiger partial charge on any atom is -0.394 e. The van der Waals surface area contributed by atoms with Gasteiger partial charge in [0, 0.05) is 23.0 Å². The van der Waals surface area contributed by atoms with Crippen molar-refractivity contribution in [2.24, 2.45) is 11.7 Å². The maximum atomic E-state index is 14.5. The van der Waals surface area contributed by atoms with E-state index in [-0.39, 0.29) is 53.1 Å². The normalized spacial score (nSPS) is 19.4. The number of amides is 1. The molecule has 2 heterocycles. The van der Waals surface area contributed by atoms with E-state index >= 15 is 0 Å². The van der Waals surface area contributed by atoms with Gasteiger partial charge in [-0.25, -0.2) is 18.7 Å². The van der Waals surface area contributed by atoms with Crippen LogP contribution >= 0.6 is 11.6 Å². The number of primary amides is 1. The number of nitrogens with zero attached hydrogens (tertiary/aromatic N) is 4. The van der Waals surface area contributed by atoms with E-state index in [1.807, 2.05) is 0 Å². The summed E-state index contributed by atoms with van der Waals surface area (Å²) in [4.78, 5) is 24.8. The Balaban J connectivity index is 1.77. The third-order valence-corrected chi connectivity index (χ3v) is 6.01. The van der Waals surface area contributed by atoms with Crippen LogP contribution in [0, 0.1) is 17.6 Å². The first-order valence-corrected chi connectivity index (χ1v) is 11.0. The largest absolute Gasteiger partial charge is 0.394 e. The fraction of sp³-hybridized carbons (Fsp3) is 0.429. The maximum absolute atomic E-state index is 14.5. The lowest BCUT2D eigenvalue weighted by Crippen LogP contribution is -2.29. The van der Waals surface area contributed by atoms with Gasteiger partial charge >= 0.3 is 0 Å². The molecule has 0 radical (unpaired) electrons. The molecule has 1 aliphatic rings. The van der Waals surface area contributed by atoms with Gasteiger partial charge in [-0.05, 0) is 44.7 Å². The van der Waals surface area contributed by atoms with Gasteiger partial charge in [-0.3, -0.25) is 9.36 Å². The van der Waals surface area contributed by atoms with Crippen LogP contribution in [0.3, 0.4) is 0 Å². The number of hydrogen-bond donors (Lipinski definition) is 4. The van der Waals surface area contributed by atoms with Crippen molar-refractivity contribution in [3.8, 4) is 0 Å². The van der Waals surface area contributed by atoms with Crippen molar-refractivity contribution in [3.05, 3.63) is 35.0 Å². The highest BCUT2D eigenvalue weighted by Gasteiger charge is 2.29. The van der Waals surface area contributed by atoms with Crippen LogP contribution in [0.2, 0.25) is 5.02 Å². The smallest absolute Gasteiger partial charge is 0.225 e. The molecule has 1 fully saturated rings. The van der Waals surface area contributed by atoms with Gasteiger partial charge in [-0.2, -0.15) is 4.98 Å². The zero-order valence-corrected chi connectivity index (χ0v) is 18.6. The molecule has 1 aliphatic carbocycles. The van der Waals surface area contributed by atoms with E-state index in [9.17, 15) is 18.7 Å². The number of anilines is 3. The number of fused-ring (bicyclic) bond motifs is 1. The number of hydrogen-bond acceptors (Lipinski definition) is 7. The highest BCUT2D eigenvalue weighted by atomic mass is 35.5. The first kappa shape index (κ1) is 23.1. The molecule has 5 N–H and O–H groups in total. The van der Waals surface area contributed by atoms with Crippen LogP contribution in [0.15, 0.2) is 18.3 Å². The molecule has 0 aliphatic heterocycles. The van der Waals surface area contributed by atoms with E-state index in [1.165, 1.54) is 6.20 Å². The predicted octanol–water partition coefficient (Wildman–Crippen LogP) is 3.51. The van der Waals surface area contributed by atoms with Crippen LogP contribution in [-0.2, 0) is 4.79 Å². The summed E-state index contributed by atoms with van der Waals surface area (Å²) in [5, 5.41) is 15.0. The molecule has 2 aromatic heterocycles. The van der Waals surface area contributed by atoms with Gasteiger partial charge in [0.05, 0.1) is 12.8 Å². The minimum absolute atomic E-state index is 0.0617. The summed E-state index contributed by atoms with van der Waals surface area (Å²) in [6, 6.07) is 1.61. The summed E-state index contributed by atoms with van der Waals surface area (Å²) in [5.74, 6) is -1.79. The number of rotatable bonds is 7. The Labute approximate surface area is 193 Å². The average Bonchev–Trinajstić information content (AvgIpc) is 3.13. The summed E-state index contributed by atoms with van der Waals surface area (Å²) < 4.78 is 30.7. The van der Waals surface area contributed by atoms with Gasteiger partial charge in [0.2, 0.25) is 17.8 Å². The molecule has 176 valence electrons. The van der Waals surface area contributed by atoms with Crippen LogP contribution in [-0.4, -0.2) is 43.2 Å². The number of aromatic nitrogens is 4. The second kappa shape index (κ2) is 9.44. The first-order valence-electron chi connectivity index (χ1n) is 10.6. The number of nitrogens with one attached hydrogen (secondary N) is 2. The van der Waals surface area contributed by atoms with Crippen LogP contribution in [0.4, 0.5) is 26.4 Å². The Morgan fingerprint density at radius 1 is 1.27 bits per heavy atom.